The summed E-state index contributed by atoms with van der Waals surface area (Å²) in [6.07, 6.45) is 3.43. The van der Waals surface area contributed by atoms with Crippen molar-refractivity contribution in [3.63, 3.8) is 0 Å². The van der Waals surface area contributed by atoms with Crippen LogP contribution in [0.15, 0.2) is 71.2 Å². The van der Waals surface area contributed by atoms with Gasteiger partial charge in [-0.15, -0.1) is 0 Å². The zero-order chi connectivity index (χ0) is 19.0. The number of hydrogen-bond donors (Lipinski definition) is 0. The van der Waals surface area contributed by atoms with E-state index in [1.54, 1.807) is 9.80 Å². The molecule has 27 heavy (non-hydrogen) atoms. The fourth-order valence-electron chi connectivity index (χ4n) is 3.76. The molecule has 0 unspecified atom stereocenters. The van der Waals surface area contributed by atoms with Crippen molar-refractivity contribution in [2.75, 3.05) is 11.5 Å². The van der Waals surface area contributed by atoms with Gasteiger partial charge in [0.15, 0.2) is 0 Å². The third kappa shape index (κ3) is 2.94. The normalized spacial score (nSPS) is 25.0. The van der Waals surface area contributed by atoms with E-state index in [0.717, 1.165) is 15.7 Å². The van der Waals surface area contributed by atoms with Gasteiger partial charge in [0, 0.05) is 4.47 Å². The van der Waals surface area contributed by atoms with Crippen LogP contribution in [0, 0.1) is 0 Å². The topological polar surface area (TPSA) is 49.9 Å². The fraction of sp³-hybridized carbons (Fsp3) is 0.238. The average Bonchev–Trinajstić information content (AvgIpc) is 3.05. The highest BCUT2D eigenvalue weighted by molar-refractivity contribution is 9.10. The second-order valence-corrected chi connectivity index (χ2v) is 7.39. The molecule has 0 N–H and O–H groups in total. The van der Waals surface area contributed by atoms with Gasteiger partial charge in [-0.3, -0.25) is 14.6 Å². The van der Waals surface area contributed by atoms with Crippen molar-refractivity contribution in [2.45, 2.75) is 25.0 Å². The molecule has 0 bridgehead atoms. The minimum atomic E-state index is -0.575. The first-order valence-corrected chi connectivity index (χ1v) is 9.63. The van der Waals surface area contributed by atoms with E-state index < -0.39 is 12.1 Å². The molecule has 0 aromatic heterocycles. The van der Waals surface area contributed by atoms with Gasteiger partial charge >= 0.3 is 6.09 Å². The molecule has 0 spiro atoms. The van der Waals surface area contributed by atoms with Crippen LogP contribution in [-0.2, 0) is 9.53 Å². The van der Waals surface area contributed by atoms with Crippen molar-refractivity contribution in [2.24, 2.45) is 0 Å². The molecule has 2 amide bonds. The molecule has 0 saturated carbocycles. The van der Waals surface area contributed by atoms with Crippen LogP contribution >= 0.6 is 15.9 Å². The quantitative estimate of drug-likeness (QED) is 0.540. The summed E-state index contributed by atoms with van der Waals surface area (Å²) in [4.78, 5) is 28.9. The molecule has 2 saturated heterocycles. The number of allylic oxidation sites excluding steroid dienone is 1. The summed E-state index contributed by atoms with van der Waals surface area (Å²) in [5.74, 6) is -0.107. The number of rotatable bonds is 4. The van der Waals surface area contributed by atoms with E-state index in [1.807, 2.05) is 73.7 Å². The second-order valence-electron chi connectivity index (χ2n) is 6.53. The van der Waals surface area contributed by atoms with Crippen LogP contribution in [0.25, 0.3) is 0 Å². The van der Waals surface area contributed by atoms with Gasteiger partial charge in [0.05, 0.1) is 17.8 Å². The fourth-order valence-corrected chi connectivity index (χ4v) is 4.24. The molecule has 2 aliphatic rings. The summed E-state index contributed by atoms with van der Waals surface area (Å²) in [7, 11) is 0. The van der Waals surface area contributed by atoms with Crippen LogP contribution in [0.2, 0.25) is 0 Å². The number of cyclic esters (lactones) is 1. The molecule has 6 heteroatoms. The van der Waals surface area contributed by atoms with E-state index >= 15 is 0 Å². The minimum Gasteiger partial charge on any atom is -0.447 e. The van der Waals surface area contributed by atoms with Gasteiger partial charge in [-0.05, 0) is 40.5 Å². The second kappa shape index (κ2) is 7.19. The molecule has 0 radical (unpaired) electrons. The number of carbonyl (C=O) groups is 2. The lowest BCUT2D eigenvalue weighted by Gasteiger charge is -2.49. The number of halogens is 1. The molecule has 4 rings (SSSR count). The highest BCUT2D eigenvalue weighted by Gasteiger charge is 2.55. The third-order valence-corrected chi connectivity index (χ3v) is 5.68. The first kappa shape index (κ1) is 17.8. The molecule has 2 fully saturated rings. The van der Waals surface area contributed by atoms with Crippen LogP contribution in [0.4, 0.5) is 10.5 Å². The first-order valence-electron chi connectivity index (χ1n) is 8.84. The largest absolute Gasteiger partial charge is 0.447 e. The van der Waals surface area contributed by atoms with E-state index in [2.05, 4.69) is 15.9 Å². The number of benzene rings is 2. The molecule has 2 aliphatic heterocycles. The van der Waals surface area contributed by atoms with Gasteiger partial charge in [0.2, 0.25) is 0 Å². The van der Waals surface area contributed by atoms with Gasteiger partial charge in [0.25, 0.3) is 5.91 Å². The zero-order valence-corrected chi connectivity index (χ0v) is 16.4. The Kier molecular flexibility index (Phi) is 4.74. The highest BCUT2D eigenvalue weighted by Crippen LogP contribution is 2.41. The number of ether oxygens (including phenoxy) is 1. The van der Waals surface area contributed by atoms with E-state index in [9.17, 15) is 9.59 Å². The highest BCUT2D eigenvalue weighted by atomic mass is 79.9. The van der Waals surface area contributed by atoms with Gasteiger partial charge < -0.3 is 4.74 Å². The number of para-hydroxylation sites is 1. The predicted octanol–water partition coefficient (Wildman–Crippen LogP) is 4.30. The van der Waals surface area contributed by atoms with E-state index in [-0.39, 0.29) is 24.6 Å². The Morgan fingerprint density at radius 3 is 2.48 bits per heavy atom. The molecule has 3 atom stereocenters. The third-order valence-electron chi connectivity index (χ3n) is 5.01. The SMILES string of the molecule is C/C=C/[C@@H]1[C@H](N2C(=O)OC[C@@H]2c2ccccc2)C(=O)N1c1ccccc1Br. The van der Waals surface area contributed by atoms with Crippen molar-refractivity contribution in [1.82, 2.24) is 4.90 Å². The van der Waals surface area contributed by atoms with Crippen molar-refractivity contribution in [3.8, 4) is 0 Å². The summed E-state index contributed by atoms with van der Waals surface area (Å²) >= 11 is 3.52. The number of hydrogen-bond acceptors (Lipinski definition) is 3. The van der Waals surface area contributed by atoms with Crippen LogP contribution in [0.3, 0.4) is 0 Å². The molecule has 2 aromatic carbocycles. The maximum Gasteiger partial charge on any atom is 0.411 e. The number of anilines is 1. The van der Waals surface area contributed by atoms with E-state index in [1.165, 1.54) is 0 Å². The summed E-state index contributed by atoms with van der Waals surface area (Å²) in [5.41, 5.74) is 1.76. The Hall–Kier alpha value is -2.60. The lowest BCUT2D eigenvalue weighted by Crippen LogP contribution is -2.71. The maximum absolute atomic E-state index is 13.1. The first-order chi connectivity index (χ1) is 13.1. The maximum atomic E-state index is 13.1. The van der Waals surface area contributed by atoms with Crippen LogP contribution < -0.4 is 4.90 Å². The summed E-state index contributed by atoms with van der Waals surface area (Å²) in [6, 6.07) is 16.2. The summed E-state index contributed by atoms with van der Waals surface area (Å²) in [5, 5.41) is 0. The minimum absolute atomic E-state index is 0.107. The lowest BCUT2D eigenvalue weighted by molar-refractivity contribution is -0.130. The molecule has 2 aromatic rings. The van der Waals surface area contributed by atoms with E-state index in [4.69, 9.17) is 4.74 Å². The van der Waals surface area contributed by atoms with E-state index in [0.29, 0.717) is 0 Å². The molecule has 138 valence electrons. The van der Waals surface area contributed by atoms with Gasteiger partial charge in [-0.2, -0.15) is 0 Å². The van der Waals surface area contributed by atoms with Crippen molar-refractivity contribution < 1.29 is 14.3 Å². The van der Waals surface area contributed by atoms with Gasteiger partial charge in [0.1, 0.15) is 12.6 Å². The Morgan fingerprint density at radius 1 is 1.07 bits per heavy atom. The number of nitrogens with zero attached hydrogens (tertiary/aromatic N) is 2. The smallest absolute Gasteiger partial charge is 0.411 e. The van der Waals surface area contributed by atoms with Gasteiger partial charge in [-0.1, -0.05) is 54.6 Å². The molecular formula is C21H19BrN2O3. The molecular weight excluding hydrogens is 408 g/mol. The van der Waals surface area contributed by atoms with Crippen molar-refractivity contribution in [3.05, 3.63) is 76.8 Å². The van der Waals surface area contributed by atoms with Crippen molar-refractivity contribution >= 4 is 33.6 Å². The van der Waals surface area contributed by atoms with Crippen LogP contribution in [0.5, 0.6) is 0 Å². The molecule has 5 nitrogen and oxygen atoms in total. The Morgan fingerprint density at radius 2 is 1.78 bits per heavy atom. The number of amides is 2. The average molecular weight is 427 g/mol. The molecule has 0 aliphatic carbocycles. The number of β-lactam (4-membered cyclic amide) rings is 1. The zero-order valence-electron chi connectivity index (χ0n) is 14.8. The summed E-state index contributed by atoms with van der Waals surface area (Å²) in [6.45, 7) is 2.17. The van der Waals surface area contributed by atoms with Crippen LogP contribution in [-0.4, -0.2) is 35.6 Å². The monoisotopic (exact) mass is 426 g/mol. The van der Waals surface area contributed by atoms with Crippen molar-refractivity contribution in [1.29, 1.82) is 0 Å². The Labute approximate surface area is 166 Å². The predicted molar refractivity (Wildman–Crippen MR) is 106 cm³/mol. The lowest BCUT2D eigenvalue weighted by atomic mass is 9.90. The Bertz CT molecular complexity index is 899. The Balaban J connectivity index is 1.69. The molecule has 2 heterocycles. The standard InChI is InChI=1S/C21H19BrN2O3/c1-2-8-17-19(20(25)23(17)16-12-7-6-11-15(16)22)24-18(13-27-21(24)26)14-9-4-3-5-10-14/h2-12,17-19H,13H2,1H3/b8-2+/t17-,18-,19+/m1/s1. The van der Waals surface area contributed by atoms with Crippen LogP contribution in [0.1, 0.15) is 18.5 Å². The van der Waals surface area contributed by atoms with Gasteiger partial charge in [-0.25, -0.2) is 4.79 Å². The number of carbonyl (C=O) groups excluding carboxylic acids is 2. The summed E-state index contributed by atoms with van der Waals surface area (Å²) < 4.78 is 6.15.